The third kappa shape index (κ3) is 3.36. The molecular weight excluding hydrogens is 300 g/mol. The Hall–Kier alpha value is -2.56. The van der Waals surface area contributed by atoms with E-state index in [2.05, 4.69) is 0 Å². The molecule has 1 aromatic rings. The molecule has 0 radical (unpaired) electrons. The van der Waals surface area contributed by atoms with E-state index in [0.717, 1.165) is 24.3 Å². The Morgan fingerprint density at radius 2 is 1.73 bits per heavy atom. The van der Waals surface area contributed by atoms with Gasteiger partial charge in [0, 0.05) is 5.56 Å². The first-order chi connectivity index (χ1) is 10.3. The van der Waals surface area contributed by atoms with Crippen molar-refractivity contribution in [3.8, 4) is 0 Å². The van der Waals surface area contributed by atoms with Crippen LogP contribution in [0.25, 0.3) is 0 Å². The molecule has 1 amide bonds. The zero-order valence-corrected chi connectivity index (χ0v) is 11.2. The van der Waals surface area contributed by atoms with Crippen LogP contribution in [0.1, 0.15) is 20.7 Å². The van der Waals surface area contributed by atoms with Crippen LogP contribution in [-0.4, -0.2) is 62.2 Å². The van der Waals surface area contributed by atoms with E-state index in [4.69, 9.17) is 15.3 Å². The monoisotopic (exact) mass is 314 g/mol. The number of nitrogens with one attached hydrogen (secondary N) is 1. The molecule has 0 aliphatic heterocycles. The van der Waals surface area contributed by atoms with Gasteiger partial charge in [-0.15, -0.1) is 0 Å². The summed E-state index contributed by atoms with van der Waals surface area (Å²) in [7, 11) is 0. The molecule has 2 atom stereocenters. The number of nitrogens with zero attached hydrogens (tertiary/aromatic N) is 1. The van der Waals surface area contributed by atoms with Gasteiger partial charge in [0.15, 0.2) is 6.10 Å². The minimum absolute atomic E-state index is 0.0883. The second-order valence-electron chi connectivity index (χ2n) is 4.37. The summed E-state index contributed by atoms with van der Waals surface area (Å²) in [5.74, 6) is -2.23. The van der Waals surface area contributed by atoms with Gasteiger partial charge in [-0.1, -0.05) is 0 Å². The molecule has 10 heteroatoms. The maximum atomic E-state index is 12.0. The highest BCUT2D eigenvalue weighted by Crippen LogP contribution is 2.14. The van der Waals surface area contributed by atoms with Crippen molar-refractivity contribution in [2.24, 2.45) is 0 Å². The lowest BCUT2D eigenvalue weighted by molar-refractivity contribution is -0.592. The molecule has 0 aromatic heterocycles. The number of aromatic carboxylic acids is 1. The van der Waals surface area contributed by atoms with Crippen molar-refractivity contribution >= 4 is 11.9 Å². The Bertz CT molecular complexity index is 573. The summed E-state index contributed by atoms with van der Waals surface area (Å²) in [6.07, 6.45) is -2.03. The van der Waals surface area contributed by atoms with Gasteiger partial charge in [0.1, 0.15) is 6.61 Å². The van der Waals surface area contributed by atoms with E-state index in [1.165, 1.54) is 0 Å². The van der Waals surface area contributed by atoms with Crippen LogP contribution in [0.15, 0.2) is 24.3 Å². The molecule has 0 bridgehead atoms. The molecule has 0 saturated carbocycles. The molecule has 0 aliphatic rings. The fourth-order valence-corrected chi connectivity index (χ4v) is 1.64. The van der Waals surface area contributed by atoms with Gasteiger partial charge in [0.25, 0.3) is 5.91 Å². The number of rotatable bonds is 7. The smallest absolute Gasteiger partial charge is 0.346 e. The predicted octanol–water partition coefficient (Wildman–Crippen LogP) is -1.57. The zero-order valence-electron chi connectivity index (χ0n) is 11.2. The van der Waals surface area contributed by atoms with Gasteiger partial charge in [-0.2, -0.15) is 0 Å². The Morgan fingerprint density at radius 1 is 1.23 bits per heavy atom. The van der Waals surface area contributed by atoms with E-state index in [0.29, 0.717) is 0 Å². The number of amides is 1. The molecule has 22 heavy (non-hydrogen) atoms. The van der Waals surface area contributed by atoms with Crippen molar-refractivity contribution in [1.82, 2.24) is 5.32 Å². The molecule has 0 heterocycles. The van der Waals surface area contributed by atoms with Crippen LogP contribution in [0, 0.1) is 10.1 Å². The summed E-state index contributed by atoms with van der Waals surface area (Å²) in [5, 5.41) is 49.1. The summed E-state index contributed by atoms with van der Waals surface area (Å²) in [6, 6.07) is 4.47. The van der Waals surface area contributed by atoms with Gasteiger partial charge in [-0.3, -0.25) is 20.2 Å². The lowest BCUT2D eigenvalue weighted by atomic mass is 10.0. The number of carbonyl (C=O) groups excluding carboxylic acids is 1. The van der Waals surface area contributed by atoms with Crippen molar-refractivity contribution in [2.75, 3.05) is 13.2 Å². The summed E-state index contributed by atoms with van der Waals surface area (Å²) >= 11 is 0. The molecule has 2 unspecified atom stereocenters. The number of nitro groups is 1. The number of aliphatic hydroxyl groups is 3. The maximum absolute atomic E-state index is 12.0. The van der Waals surface area contributed by atoms with Gasteiger partial charge in [0.2, 0.25) is 0 Å². The van der Waals surface area contributed by atoms with Crippen molar-refractivity contribution in [3.63, 3.8) is 0 Å². The van der Waals surface area contributed by atoms with E-state index >= 15 is 0 Å². The van der Waals surface area contributed by atoms with Crippen LogP contribution >= 0.6 is 0 Å². The Balaban J connectivity index is 3.05. The Labute approximate surface area is 123 Å². The number of carbonyl (C=O) groups is 2. The van der Waals surface area contributed by atoms with Crippen LogP contribution < -0.4 is 5.32 Å². The third-order valence-corrected chi connectivity index (χ3v) is 3.02. The summed E-state index contributed by atoms with van der Waals surface area (Å²) < 4.78 is 0. The molecule has 5 N–H and O–H groups in total. The molecule has 1 aromatic carbocycles. The first kappa shape index (κ1) is 17.5. The number of carboxylic acid groups (broad SMARTS) is 1. The highest BCUT2D eigenvalue weighted by molar-refractivity contribution is 5.96. The molecule has 10 nitrogen and oxygen atoms in total. The van der Waals surface area contributed by atoms with Crippen LogP contribution in [-0.2, 0) is 0 Å². The highest BCUT2D eigenvalue weighted by Gasteiger charge is 2.51. The number of hydrogen-bond acceptors (Lipinski definition) is 7. The quantitative estimate of drug-likeness (QED) is 0.228. The van der Waals surface area contributed by atoms with E-state index in [9.17, 15) is 24.8 Å². The standard InChI is InChI=1S/C12H14N2O8/c15-5-9(17)12(6-16,14(21)22)13-10(18)7-1-3-8(4-2-7)11(19)20/h1-4,9,15-17H,5-6H2,(H,13,18)(H,19,20). The minimum Gasteiger partial charge on any atom is -0.478 e. The maximum Gasteiger partial charge on any atom is 0.346 e. The lowest BCUT2D eigenvalue weighted by Gasteiger charge is -2.27. The first-order valence-corrected chi connectivity index (χ1v) is 5.98. The van der Waals surface area contributed by atoms with E-state index < -0.39 is 41.8 Å². The molecule has 1 rings (SSSR count). The second kappa shape index (κ2) is 6.93. The van der Waals surface area contributed by atoms with Crippen LogP contribution in [0.3, 0.4) is 0 Å². The predicted molar refractivity (Wildman–Crippen MR) is 70.8 cm³/mol. The molecule has 0 spiro atoms. The van der Waals surface area contributed by atoms with Gasteiger partial charge < -0.3 is 20.4 Å². The zero-order chi connectivity index (χ0) is 16.9. The summed E-state index contributed by atoms with van der Waals surface area (Å²) in [5.41, 5.74) is -2.87. The fraction of sp³-hybridized carbons (Fsp3) is 0.333. The van der Waals surface area contributed by atoms with Crippen LogP contribution in [0.2, 0.25) is 0 Å². The normalized spacial score (nSPS) is 14.7. The van der Waals surface area contributed by atoms with Crippen molar-refractivity contribution in [2.45, 2.75) is 11.8 Å². The summed E-state index contributed by atoms with van der Waals surface area (Å²) in [6.45, 7) is -2.31. The van der Waals surface area contributed by atoms with Crippen molar-refractivity contribution in [3.05, 3.63) is 45.5 Å². The van der Waals surface area contributed by atoms with Crippen LogP contribution in [0.5, 0.6) is 0 Å². The molecule has 120 valence electrons. The highest BCUT2D eigenvalue weighted by atomic mass is 16.6. The number of aliphatic hydroxyl groups excluding tert-OH is 3. The first-order valence-electron chi connectivity index (χ1n) is 5.98. The Morgan fingerprint density at radius 3 is 2.09 bits per heavy atom. The van der Waals surface area contributed by atoms with Gasteiger partial charge in [-0.25, -0.2) is 4.79 Å². The minimum atomic E-state index is -2.67. The molecule has 0 fully saturated rings. The fourth-order valence-electron chi connectivity index (χ4n) is 1.64. The van der Waals surface area contributed by atoms with E-state index in [1.807, 2.05) is 5.32 Å². The Kier molecular flexibility index (Phi) is 5.51. The lowest BCUT2D eigenvalue weighted by Crippen LogP contribution is -2.65. The molecular formula is C12H14N2O8. The number of benzene rings is 1. The molecule has 0 saturated heterocycles. The van der Waals surface area contributed by atoms with Crippen molar-refractivity contribution < 1.29 is 34.9 Å². The molecule has 0 aliphatic carbocycles. The third-order valence-electron chi connectivity index (χ3n) is 3.02. The SMILES string of the molecule is O=C(O)c1ccc(C(=O)NC(CO)(C(O)CO)[N+](=O)[O-])cc1. The van der Waals surface area contributed by atoms with Gasteiger partial charge >= 0.3 is 11.6 Å². The van der Waals surface area contributed by atoms with E-state index in [-0.39, 0.29) is 11.1 Å². The van der Waals surface area contributed by atoms with Gasteiger partial charge in [-0.05, 0) is 24.3 Å². The second-order valence-corrected chi connectivity index (χ2v) is 4.37. The topological polar surface area (TPSA) is 170 Å². The largest absolute Gasteiger partial charge is 0.478 e. The van der Waals surface area contributed by atoms with E-state index in [1.54, 1.807) is 0 Å². The van der Waals surface area contributed by atoms with Gasteiger partial charge in [0.05, 0.1) is 17.1 Å². The van der Waals surface area contributed by atoms with Crippen molar-refractivity contribution in [1.29, 1.82) is 0 Å². The van der Waals surface area contributed by atoms with Crippen LogP contribution in [0.4, 0.5) is 0 Å². The summed E-state index contributed by atoms with van der Waals surface area (Å²) in [4.78, 5) is 32.6. The average molecular weight is 314 g/mol. The number of hydrogen-bond donors (Lipinski definition) is 5. The number of carboxylic acids is 1. The average Bonchev–Trinajstić information content (AvgIpc) is 2.51.